The number of fused-ring (bicyclic) bond motifs is 1. The number of rotatable bonds is 4. The zero-order valence-corrected chi connectivity index (χ0v) is 17.3. The molecule has 0 aliphatic carbocycles. The lowest BCUT2D eigenvalue weighted by atomic mass is 10.1. The minimum absolute atomic E-state index is 0.0731. The minimum Gasteiger partial charge on any atom is -0.507 e. The minimum atomic E-state index is -0.601. The van der Waals surface area contributed by atoms with Crippen molar-refractivity contribution in [2.75, 3.05) is 6.61 Å². The van der Waals surface area contributed by atoms with Gasteiger partial charge in [0.25, 0.3) is 11.8 Å². The van der Waals surface area contributed by atoms with Gasteiger partial charge in [-0.15, -0.1) is 0 Å². The first-order chi connectivity index (χ1) is 13.9. The molecule has 0 aliphatic heterocycles. The van der Waals surface area contributed by atoms with Crippen molar-refractivity contribution in [3.05, 3.63) is 70.7 Å². The number of nitrogens with one attached hydrogen (secondary N) is 3. The van der Waals surface area contributed by atoms with E-state index in [1.165, 1.54) is 6.07 Å². The van der Waals surface area contributed by atoms with Crippen molar-refractivity contribution in [1.82, 2.24) is 16.2 Å². The molecule has 7 nitrogen and oxygen atoms in total. The van der Waals surface area contributed by atoms with Gasteiger partial charge in [0.05, 0.1) is 5.56 Å². The Bertz CT molecular complexity index is 1070. The van der Waals surface area contributed by atoms with E-state index < -0.39 is 11.8 Å². The number of phenolic OH excluding ortho intramolecular Hbond substituents is 1. The molecular formula is C20H16BrN3O4S. The molecule has 0 unspecified atom stereocenters. The first-order valence-electron chi connectivity index (χ1n) is 8.42. The van der Waals surface area contributed by atoms with E-state index in [0.29, 0.717) is 5.75 Å². The third-order valence-electron chi connectivity index (χ3n) is 3.83. The number of amides is 2. The van der Waals surface area contributed by atoms with E-state index in [-0.39, 0.29) is 23.0 Å². The number of hydrogen-bond acceptors (Lipinski definition) is 5. The zero-order chi connectivity index (χ0) is 20.8. The number of phenols is 1. The highest BCUT2D eigenvalue weighted by Gasteiger charge is 2.13. The predicted molar refractivity (Wildman–Crippen MR) is 117 cm³/mol. The summed E-state index contributed by atoms with van der Waals surface area (Å²) in [7, 11) is 0. The van der Waals surface area contributed by atoms with E-state index in [4.69, 9.17) is 17.0 Å². The van der Waals surface area contributed by atoms with Gasteiger partial charge < -0.3 is 9.84 Å². The van der Waals surface area contributed by atoms with Gasteiger partial charge >= 0.3 is 0 Å². The van der Waals surface area contributed by atoms with Crippen molar-refractivity contribution < 1.29 is 19.4 Å². The summed E-state index contributed by atoms with van der Waals surface area (Å²) in [4.78, 5) is 24.2. The molecule has 4 N–H and O–H groups in total. The fourth-order valence-electron chi connectivity index (χ4n) is 2.46. The molecule has 0 radical (unpaired) electrons. The monoisotopic (exact) mass is 473 g/mol. The lowest BCUT2D eigenvalue weighted by molar-refractivity contribution is -0.121. The van der Waals surface area contributed by atoms with Gasteiger partial charge in [0.2, 0.25) is 0 Å². The topological polar surface area (TPSA) is 99.7 Å². The summed E-state index contributed by atoms with van der Waals surface area (Å²) >= 11 is 8.28. The van der Waals surface area contributed by atoms with E-state index >= 15 is 0 Å². The fourth-order valence-corrected chi connectivity index (χ4v) is 2.89. The molecule has 3 rings (SSSR count). The highest BCUT2D eigenvalue weighted by molar-refractivity contribution is 9.10. The van der Waals surface area contributed by atoms with Crippen LogP contribution in [-0.4, -0.2) is 28.6 Å². The Morgan fingerprint density at radius 3 is 2.34 bits per heavy atom. The standard InChI is InChI=1S/C20H16BrN3O4S/c21-14-5-7-15(8-6-14)28-11-18(26)22-20(29)24-23-19(27)16-9-12-3-1-2-4-13(12)10-17(16)25/h1-10,25H,11H2,(H,23,27)(H2,22,24,26,29). The maximum absolute atomic E-state index is 12.3. The van der Waals surface area contributed by atoms with Gasteiger partial charge in [0.1, 0.15) is 11.5 Å². The molecule has 3 aromatic rings. The Hall–Kier alpha value is -3.17. The van der Waals surface area contributed by atoms with Gasteiger partial charge in [-0.05, 0) is 59.4 Å². The van der Waals surface area contributed by atoms with E-state index in [1.54, 1.807) is 30.3 Å². The molecule has 0 saturated heterocycles. The number of hydrogen-bond donors (Lipinski definition) is 4. The third-order valence-corrected chi connectivity index (χ3v) is 4.57. The number of hydrazine groups is 1. The number of benzene rings is 3. The molecular weight excluding hydrogens is 458 g/mol. The maximum atomic E-state index is 12.3. The van der Waals surface area contributed by atoms with Gasteiger partial charge in [-0.3, -0.25) is 25.8 Å². The van der Waals surface area contributed by atoms with E-state index in [9.17, 15) is 14.7 Å². The summed E-state index contributed by atoms with van der Waals surface area (Å²) in [6.45, 7) is -0.247. The van der Waals surface area contributed by atoms with Crippen LogP contribution in [0.3, 0.4) is 0 Å². The molecule has 29 heavy (non-hydrogen) atoms. The van der Waals surface area contributed by atoms with E-state index in [0.717, 1.165) is 15.2 Å². The van der Waals surface area contributed by atoms with Crippen molar-refractivity contribution in [3.63, 3.8) is 0 Å². The average molecular weight is 474 g/mol. The fraction of sp³-hybridized carbons (Fsp3) is 0.0500. The summed E-state index contributed by atoms with van der Waals surface area (Å²) in [5.74, 6) is -0.729. The van der Waals surface area contributed by atoms with Crippen LogP contribution in [0.4, 0.5) is 0 Å². The summed E-state index contributed by atoms with van der Waals surface area (Å²) in [6.07, 6.45) is 0. The maximum Gasteiger partial charge on any atom is 0.273 e. The van der Waals surface area contributed by atoms with Crippen LogP contribution in [0.1, 0.15) is 10.4 Å². The highest BCUT2D eigenvalue weighted by atomic mass is 79.9. The summed E-state index contributed by atoms with van der Waals surface area (Å²) in [5.41, 5.74) is 4.83. The highest BCUT2D eigenvalue weighted by Crippen LogP contribution is 2.24. The molecule has 148 valence electrons. The molecule has 0 heterocycles. The predicted octanol–water partition coefficient (Wildman–Crippen LogP) is 3.02. The van der Waals surface area contributed by atoms with Gasteiger partial charge in [-0.25, -0.2) is 0 Å². The first kappa shape index (κ1) is 20.6. The van der Waals surface area contributed by atoms with Gasteiger partial charge in [0.15, 0.2) is 11.7 Å². The van der Waals surface area contributed by atoms with Gasteiger partial charge in [-0.1, -0.05) is 40.2 Å². The number of carbonyl (C=O) groups is 2. The Balaban J connectivity index is 1.49. The molecule has 2 amide bonds. The molecule has 0 spiro atoms. The Kier molecular flexibility index (Phi) is 6.63. The van der Waals surface area contributed by atoms with Crippen LogP contribution < -0.4 is 20.9 Å². The normalized spacial score (nSPS) is 10.2. The third kappa shape index (κ3) is 5.66. The Labute approximate surface area is 180 Å². The molecule has 0 aliphatic rings. The van der Waals surface area contributed by atoms with Crippen LogP contribution in [0, 0.1) is 0 Å². The summed E-state index contributed by atoms with van der Waals surface area (Å²) in [5, 5.41) is 14.0. The van der Waals surface area contributed by atoms with E-state index in [1.807, 2.05) is 24.3 Å². The van der Waals surface area contributed by atoms with Gasteiger partial charge in [-0.2, -0.15) is 0 Å². The number of ether oxygens (including phenoxy) is 1. The van der Waals surface area contributed by atoms with Crippen LogP contribution in [0.15, 0.2) is 65.1 Å². The van der Waals surface area contributed by atoms with Crippen molar-refractivity contribution >= 4 is 55.8 Å². The quantitative estimate of drug-likeness (QED) is 0.343. The van der Waals surface area contributed by atoms with Crippen molar-refractivity contribution in [2.45, 2.75) is 0 Å². The molecule has 0 fully saturated rings. The molecule has 3 aromatic carbocycles. The van der Waals surface area contributed by atoms with Gasteiger partial charge in [0, 0.05) is 4.47 Å². The Morgan fingerprint density at radius 2 is 1.66 bits per heavy atom. The van der Waals surface area contributed by atoms with Crippen LogP contribution in [0.5, 0.6) is 11.5 Å². The average Bonchev–Trinajstić information content (AvgIpc) is 2.71. The van der Waals surface area contributed by atoms with Crippen LogP contribution in [0.25, 0.3) is 10.8 Å². The molecule has 0 bridgehead atoms. The lowest BCUT2D eigenvalue weighted by Crippen LogP contribution is -2.49. The number of carbonyl (C=O) groups excluding carboxylic acids is 2. The number of thiocarbonyl (C=S) groups is 1. The van der Waals surface area contributed by atoms with Crippen LogP contribution >= 0.6 is 28.1 Å². The van der Waals surface area contributed by atoms with Crippen molar-refractivity contribution in [2.24, 2.45) is 0 Å². The zero-order valence-electron chi connectivity index (χ0n) is 14.9. The van der Waals surface area contributed by atoms with Crippen LogP contribution in [-0.2, 0) is 4.79 Å². The smallest absolute Gasteiger partial charge is 0.273 e. The Morgan fingerprint density at radius 1 is 1.00 bits per heavy atom. The second kappa shape index (κ2) is 9.35. The lowest BCUT2D eigenvalue weighted by Gasteiger charge is -2.12. The van der Waals surface area contributed by atoms with E-state index in [2.05, 4.69) is 32.1 Å². The molecule has 0 saturated carbocycles. The summed E-state index contributed by atoms with van der Waals surface area (Å²) < 4.78 is 6.23. The molecule has 9 heteroatoms. The number of halogens is 1. The number of aromatic hydroxyl groups is 1. The second-order valence-electron chi connectivity index (χ2n) is 5.92. The first-order valence-corrected chi connectivity index (χ1v) is 9.63. The SMILES string of the molecule is O=C(COc1ccc(Br)cc1)NC(=S)NNC(=O)c1cc2ccccc2cc1O. The molecule has 0 atom stereocenters. The largest absolute Gasteiger partial charge is 0.507 e. The molecule has 0 aromatic heterocycles. The van der Waals surface area contributed by atoms with Crippen LogP contribution in [0.2, 0.25) is 0 Å². The van der Waals surface area contributed by atoms with Crippen molar-refractivity contribution in [1.29, 1.82) is 0 Å². The van der Waals surface area contributed by atoms with Crippen molar-refractivity contribution in [3.8, 4) is 11.5 Å². The second-order valence-corrected chi connectivity index (χ2v) is 7.24. The summed E-state index contributed by atoms with van der Waals surface area (Å²) in [6, 6.07) is 17.4.